The van der Waals surface area contributed by atoms with E-state index in [1.54, 1.807) is 0 Å². The summed E-state index contributed by atoms with van der Waals surface area (Å²) >= 11 is 0. The van der Waals surface area contributed by atoms with E-state index in [0.29, 0.717) is 6.04 Å². The van der Waals surface area contributed by atoms with Crippen molar-refractivity contribution in [3.8, 4) is 0 Å². The molecule has 18 heavy (non-hydrogen) atoms. The minimum absolute atomic E-state index is 0.649. The van der Waals surface area contributed by atoms with Gasteiger partial charge < -0.3 is 5.32 Å². The lowest BCUT2D eigenvalue weighted by molar-refractivity contribution is 0.227. The Morgan fingerprint density at radius 3 is 2.56 bits per heavy atom. The molecule has 1 nitrogen and oxygen atoms in total. The van der Waals surface area contributed by atoms with Crippen LogP contribution in [0.2, 0.25) is 0 Å². The quantitative estimate of drug-likeness (QED) is 0.847. The first-order chi connectivity index (χ1) is 8.69. The topological polar surface area (TPSA) is 12.0 Å². The Bertz CT molecular complexity index is 354. The number of likely N-dealkylation sites (N-methyl/N-ethyl adjacent to an activating group) is 1. The maximum atomic E-state index is 3.56. The summed E-state index contributed by atoms with van der Waals surface area (Å²) in [7, 11) is 2.12. The Balaban J connectivity index is 1.98. The van der Waals surface area contributed by atoms with Gasteiger partial charge in [-0.3, -0.25) is 0 Å². The van der Waals surface area contributed by atoms with Gasteiger partial charge in [-0.05, 0) is 50.6 Å². The van der Waals surface area contributed by atoms with Gasteiger partial charge in [0.2, 0.25) is 0 Å². The minimum Gasteiger partial charge on any atom is -0.316 e. The fraction of sp³-hybridized carbons (Fsp3) is 0.647. The number of hydrogen-bond donors (Lipinski definition) is 1. The average Bonchev–Trinajstić information content (AvgIpc) is 2.38. The molecule has 3 atom stereocenters. The molecule has 0 bridgehead atoms. The summed E-state index contributed by atoms with van der Waals surface area (Å²) in [6, 6.07) is 9.67. The molecular formula is C17H27N. The van der Waals surface area contributed by atoms with Crippen LogP contribution in [-0.2, 0) is 6.42 Å². The molecule has 1 aliphatic carbocycles. The molecule has 0 radical (unpaired) electrons. The largest absolute Gasteiger partial charge is 0.316 e. The molecular weight excluding hydrogens is 218 g/mol. The molecule has 1 aromatic rings. The van der Waals surface area contributed by atoms with Crippen molar-refractivity contribution in [3.63, 3.8) is 0 Å². The molecule has 1 saturated carbocycles. The van der Waals surface area contributed by atoms with Crippen molar-refractivity contribution in [2.24, 2.45) is 11.8 Å². The second kappa shape index (κ2) is 6.38. The molecule has 0 amide bonds. The van der Waals surface area contributed by atoms with Gasteiger partial charge in [0.1, 0.15) is 0 Å². The highest BCUT2D eigenvalue weighted by Crippen LogP contribution is 2.31. The Labute approximate surface area is 112 Å². The number of hydrogen-bond acceptors (Lipinski definition) is 1. The van der Waals surface area contributed by atoms with E-state index in [0.717, 1.165) is 11.8 Å². The van der Waals surface area contributed by atoms with Gasteiger partial charge in [0.15, 0.2) is 0 Å². The van der Waals surface area contributed by atoms with E-state index >= 15 is 0 Å². The van der Waals surface area contributed by atoms with E-state index in [2.05, 4.69) is 50.5 Å². The van der Waals surface area contributed by atoms with Crippen LogP contribution < -0.4 is 5.32 Å². The van der Waals surface area contributed by atoms with Crippen molar-refractivity contribution in [1.29, 1.82) is 0 Å². The molecule has 0 aromatic heterocycles. The maximum Gasteiger partial charge on any atom is 0.0133 e. The van der Waals surface area contributed by atoms with Gasteiger partial charge in [-0.15, -0.1) is 0 Å². The van der Waals surface area contributed by atoms with Gasteiger partial charge in [-0.2, -0.15) is 0 Å². The summed E-state index contributed by atoms with van der Waals surface area (Å²) in [5.74, 6) is 1.78. The summed E-state index contributed by atoms with van der Waals surface area (Å²) in [5.41, 5.74) is 2.82. The van der Waals surface area contributed by atoms with Gasteiger partial charge >= 0.3 is 0 Å². The van der Waals surface area contributed by atoms with Crippen molar-refractivity contribution < 1.29 is 0 Å². The van der Waals surface area contributed by atoms with Crippen LogP contribution in [0.25, 0.3) is 0 Å². The lowest BCUT2D eigenvalue weighted by Crippen LogP contribution is -2.37. The van der Waals surface area contributed by atoms with Crippen LogP contribution in [-0.4, -0.2) is 13.1 Å². The van der Waals surface area contributed by atoms with E-state index in [1.165, 1.54) is 43.2 Å². The van der Waals surface area contributed by atoms with Crippen LogP contribution in [0, 0.1) is 18.8 Å². The SMILES string of the molecule is CNC(Cc1ccc(C)cc1)C1CCCC(C)C1. The van der Waals surface area contributed by atoms with E-state index in [1.807, 2.05) is 0 Å². The highest BCUT2D eigenvalue weighted by molar-refractivity contribution is 5.22. The number of benzene rings is 1. The van der Waals surface area contributed by atoms with Crippen LogP contribution in [0.1, 0.15) is 43.7 Å². The van der Waals surface area contributed by atoms with Gasteiger partial charge in [0.25, 0.3) is 0 Å². The van der Waals surface area contributed by atoms with Crippen molar-refractivity contribution >= 4 is 0 Å². The van der Waals surface area contributed by atoms with Crippen molar-refractivity contribution in [1.82, 2.24) is 5.32 Å². The number of nitrogens with one attached hydrogen (secondary N) is 1. The fourth-order valence-electron chi connectivity index (χ4n) is 3.33. The molecule has 1 heteroatoms. The zero-order chi connectivity index (χ0) is 13.0. The first-order valence-electron chi connectivity index (χ1n) is 7.42. The van der Waals surface area contributed by atoms with E-state index < -0.39 is 0 Å². The Morgan fingerprint density at radius 1 is 1.22 bits per heavy atom. The Kier molecular flexibility index (Phi) is 4.82. The lowest BCUT2D eigenvalue weighted by atomic mass is 9.77. The summed E-state index contributed by atoms with van der Waals surface area (Å²) in [6.07, 6.45) is 6.82. The van der Waals surface area contributed by atoms with Crippen LogP contribution >= 0.6 is 0 Å². The first kappa shape index (κ1) is 13.6. The van der Waals surface area contributed by atoms with Gasteiger partial charge in [0, 0.05) is 6.04 Å². The monoisotopic (exact) mass is 245 g/mol. The van der Waals surface area contributed by atoms with E-state index in [-0.39, 0.29) is 0 Å². The van der Waals surface area contributed by atoms with Gasteiger partial charge in [-0.1, -0.05) is 49.6 Å². The van der Waals surface area contributed by atoms with Crippen LogP contribution in [0.3, 0.4) is 0 Å². The van der Waals surface area contributed by atoms with Crippen molar-refractivity contribution in [2.75, 3.05) is 7.05 Å². The highest BCUT2D eigenvalue weighted by atomic mass is 14.9. The van der Waals surface area contributed by atoms with E-state index in [4.69, 9.17) is 0 Å². The zero-order valence-corrected chi connectivity index (χ0v) is 12.1. The van der Waals surface area contributed by atoms with Gasteiger partial charge in [0.05, 0.1) is 0 Å². The Morgan fingerprint density at radius 2 is 1.94 bits per heavy atom. The third kappa shape index (κ3) is 3.58. The highest BCUT2D eigenvalue weighted by Gasteiger charge is 2.25. The zero-order valence-electron chi connectivity index (χ0n) is 12.1. The first-order valence-corrected chi connectivity index (χ1v) is 7.42. The molecule has 1 aromatic carbocycles. The normalized spacial score (nSPS) is 25.9. The molecule has 0 spiro atoms. The number of rotatable bonds is 4. The molecule has 1 N–H and O–H groups in total. The molecule has 2 rings (SSSR count). The Hall–Kier alpha value is -0.820. The van der Waals surface area contributed by atoms with E-state index in [9.17, 15) is 0 Å². The summed E-state index contributed by atoms with van der Waals surface area (Å²) in [4.78, 5) is 0. The average molecular weight is 245 g/mol. The van der Waals surface area contributed by atoms with Crippen molar-refractivity contribution in [3.05, 3.63) is 35.4 Å². The second-order valence-corrected chi connectivity index (χ2v) is 6.12. The smallest absolute Gasteiger partial charge is 0.0133 e. The molecule has 100 valence electrons. The molecule has 0 saturated heterocycles. The molecule has 3 unspecified atom stereocenters. The van der Waals surface area contributed by atoms with Crippen LogP contribution in [0.15, 0.2) is 24.3 Å². The lowest BCUT2D eigenvalue weighted by Gasteiger charge is -2.33. The predicted octanol–water partition coefficient (Wildman–Crippen LogP) is 3.95. The van der Waals surface area contributed by atoms with Crippen molar-refractivity contribution in [2.45, 2.75) is 52.0 Å². The second-order valence-electron chi connectivity index (χ2n) is 6.12. The summed E-state index contributed by atoms with van der Waals surface area (Å²) in [6.45, 7) is 4.56. The molecule has 1 fully saturated rings. The van der Waals surface area contributed by atoms with Crippen LogP contribution in [0.4, 0.5) is 0 Å². The predicted molar refractivity (Wildman–Crippen MR) is 78.9 cm³/mol. The summed E-state index contributed by atoms with van der Waals surface area (Å²) in [5, 5.41) is 3.56. The third-order valence-corrected chi connectivity index (χ3v) is 4.49. The maximum absolute atomic E-state index is 3.56. The minimum atomic E-state index is 0.649. The summed E-state index contributed by atoms with van der Waals surface area (Å²) < 4.78 is 0. The molecule has 0 heterocycles. The fourth-order valence-corrected chi connectivity index (χ4v) is 3.33. The standard InChI is InChI=1S/C17H27N/c1-13-7-9-15(10-8-13)12-17(18-3)16-6-4-5-14(2)11-16/h7-10,14,16-18H,4-6,11-12H2,1-3H3. The number of aryl methyl sites for hydroxylation is 1. The van der Waals surface area contributed by atoms with Gasteiger partial charge in [-0.25, -0.2) is 0 Å². The molecule has 1 aliphatic rings. The molecule has 0 aliphatic heterocycles. The third-order valence-electron chi connectivity index (χ3n) is 4.49. The van der Waals surface area contributed by atoms with Crippen LogP contribution in [0.5, 0.6) is 0 Å².